The van der Waals surface area contributed by atoms with Crippen LogP contribution in [0.25, 0.3) is 0 Å². The van der Waals surface area contributed by atoms with Crippen LogP contribution < -0.4 is 0 Å². The molecule has 0 aromatic heterocycles. The third kappa shape index (κ3) is 3.50. The summed E-state index contributed by atoms with van der Waals surface area (Å²) in [7, 11) is 0.391. The first kappa shape index (κ1) is 13.9. The monoisotopic (exact) mass is 265 g/mol. The number of carbonyl (C=O) groups is 1. The lowest BCUT2D eigenvalue weighted by Gasteiger charge is -2.29. The van der Waals surface area contributed by atoms with Gasteiger partial charge in [-0.2, -0.15) is 0 Å². The zero-order chi connectivity index (χ0) is 13.2. The lowest BCUT2D eigenvalue weighted by atomic mass is 9.76. The summed E-state index contributed by atoms with van der Waals surface area (Å²) in [5.74, 6) is 4.32. The van der Waals surface area contributed by atoms with Crippen LogP contribution in [0.2, 0.25) is 0 Å². The van der Waals surface area contributed by atoms with Crippen LogP contribution in [0.3, 0.4) is 0 Å². The van der Waals surface area contributed by atoms with E-state index in [9.17, 15) is 4.79 Å². The van der Waals surface area contributed by atoms with E-state index in [-0.39, 0.29) is 0 Å². The summed E-state index contributed by atoms with van der Waals surface area (Å²) < 4.78 is 0. The van der Waals surface area contributed by atoms with E-state index >= 15 is 0 Å². The van der Waals surface area contributed by atoms with Crippen LogP contribution >= 0.6 is 0 Å². The first-order valence-corrected chi connectivity index (χ1v) is 8.75. The predicted molar refractivity (Wildman–Crippen MR) is 81.0 cm³/mol. The van der Waals surface area contributed by atoms with E-state index < -0.39 is 0 Å². The van der Waals surface area contributed by atoms with Gasteiger partial charge in [0.05, 0.1) is 0 Å². The molecular formula is C16H25OS+. The number of Topliss-reactive ketones (excluding diaryl/α,β-unsaturated/α-hetero) is 1. The Hall–Kier alpha value is -0.500. The van der Waals surface area contributed by atoms with Gasteiger partial charge in [-0.1, -0.05) is 39.0 Å². The van der Waals surface area contributed by atoms with Gasteiger partial charge >= 0.3 is 0 Å². The minimum absolute atomic E-state index is 0.300. The summed E-state index contributed by atoms with van der Waals surface area (Å²) in [6.45, 7) is 6.80. The maximum atomic E-state index is 12.2. The Kier molecular flexibility index (Phi) is 4.37. The molecule has 100 valence electrons. The summed E-state index contributed by atoms with van der Waals surface area (Å²) >= 11 is 0. The van der Waals surface area contributed by atoms with Crippen molar-refractivity contribution in [1.29, 1.82) is 0 Å². The topological polar surface area (TPSA) is 17.1 Å². The Morgan fingerprint density at radius 2 is 2.00 bits per heavy atom. The molecule has 0 saturated carbocycles. The van der Waals surface area contributed by atoms with Crippen molar-refractivity contribution in [3.8, 4) is 0 Å². The van der Waals surface area contributed by atoms with Gasteiger partial charge in [0.1, 0.15) is 11.5 Å². The molecule has 0 spiro atoms. The average molecular weight is 265 g/mol. The van der Waals surface area contributed by atoms with E-state index in [1.807, 2.05) is 0 Å². The third-order valence-corrected chi connectivity index (χ3v) is 6.39. The molecule has 0 radical (unpaired) electrons. The van der Waals surface area contributed by atoms with Gasteiger partial charge in [-0.15, -0.1) is 0 Å². The van der Waals surface area contributed by atoms with Gasteiger partial charge in [-0.05, 0) is 41.5 Å². The molecule has 1 aliphatic heterocycles. The van der Waals surface area contributed by atoms with E-state index in [0.29, 0.717) is 28.0 Å². The minimum Gasteiger partial charge on any atom is -0.289 e. The highest BCUT2D eigenvalue weighted by molar-refractivity contribution is 7.97. The second-order valence-corrected chi connectivity index (χ2v) is 8.85. The SMILES string of the molecule is CC(C)(C)C1C=CC(C(=O)C[S+]2CCCC2)=CC1. The lowest BCUT2D eigenvalue weighted by Crippen LogP contribution is -2.23. The Morgan fingerprint density at radius 3 is 2.50 bits per heavy atom. The number of hydrogen-bond donors (Lipinski definition) is 0. The zero-order valence-electron chi connectivity index (χ0n) is 11.9. The van der Waals surface area contributed by atoms with Crippen molar-refractivity contribution < 1.29 is 4.79 Å². The molecule has 1 heterocycles. The molecule has 2 rings (SSSR count). The van der Waals surface area contributed by atoms with Crippen LogP contribution in [-0.4, -0.2) is 23.0 Å². The number of carbonyl (C=O) groups excluding carboxylic acids is 1. The van der Waals surface area contributed by atoms with Crippen LogP contribution in [0.1, 0.15) is 40.0 Å². The van der Waals surface area contributed by atoms with Gasteiger partial charge in [-0.3, -0.25) is 4.79 Å². The van der Waals surface area contributed by atoms with E-state index in [1.54, 1.807) is 0 Å². The lowest BCUT2D eigenvalue weighted by molar-refractivity contribution is -0.113. The number of rotatable bonds is 3. The molecule has 1 fully saturated rings. The maximum absolute atomic E-state index is 12.2. The van der Waals surface area contributed by atoms with Gasteiger partial charge in [-0.25, -0.2) is 0 Å². The Balaban J connectivity index is 1.89. The molecule has 2 heteroatoms. The van der Waals surface area contributed by atoms with Crippen molar-refractivity contribution in [1.82, 2.24) is 0 Å². The first-order valence-electron chi connectivity index (χ1n) is 7.02. The maximum Gasteiger partial charge on any atom is 0.211 e. The standard InChI is InChI=1S/C16H25OS/c1-16(2,3)14-8-6-13(7-9-14)15(17)12-18-10-4-5-11-18/h6-8,14H,4-5,9-12H2,1-3H3/q+1. The second kappa shape index (κ2) is 5.64. The summed E-state index contributed by atoms with van der Waals surface area (Å²) in [6.07, 6.45) is 10.2. The van der Waals surface area contributed by atoms with E-state index in [2.05, 4.69) is 39.0 Å². The fourth-order valence-electron chi connectivity index (χ4n) is 2.60. The molecule has 0 N–H and O–H groups in total. The van der Waals surface area contributed by atoms with Crippen LogP contribution in [0, 0.1) is 11.3 Å². The highest BCUT2D eigenvalue weighted by Gasteiger charge is 2.29. The second-order valence-electron chi connectivity index (χ2n) is 6.52. The smallest absolute Gasteiger partial charge is 0.211 e. The molecule has 18 heavy (non-hydrogen) atoms. The molecule has 1 atom stereocenters. The van der Waals surface area contributed by atoms with Crippen molar-refractivity contribution >= 4 is 16.7 Å². The molecule has 0 amide bonds. The Labute approximate surface area is 114 Å². The molecule has 0 bridgehead atoms. The van der Waals surface area contributed by atoms with Crippen LogP contribution in [0.4, 0.5) is 0 Å². The number of ketones is 1. The molecular weight excluding hydrogens is 240 g/mol. The van der Waals surface area contributed by atoms with Crippen LogP contribution in [0.15, 0.2) is 23.8 Å². The zero-order valence-corrected chi connectivity index (χ0v) is 12.7. The summed E-state index contributed by atoms with van der Waals surface area (Å²) in [5.41, 5.74) is 1.27. The van der Waals surface area contributed by atoms with Crippen molar-refractivity contribution in [3.63, 3.8) is 0 Å². The molecule has 1 unspecified atom stereocenters. The first-order chi connectivity index (χ1) is 8.47. The van der Waals surface area contributed by atoms with E-state index in [0.717, 1.165) is 17.7 Å². The summed E-state index contributed by atoms with van der Waals surface area (Å²) in [6, 6.07) is 0. The predicted octanol–water partition coefficient (Wildman–Crippen LogP) is 3.52. The average Bonchev–Trinajstić information content (AvgIpc) is 2.81. The molecule has 0 aromatic carbocycles. The van der Waals surface area contributed by atoms with E-state index in [4.69, 9.17) is 0 Å². The molecule has 1 nitrogen and oxygen atoms in total. The van der Waals surface area contributed by atoms with Crippen molar-refractivity contribution in [3.05, 3.63) is 23.8 Å². The van der Waals surface area contributed by atoms with Gasteiger partial charge in [0.15, 0.2) is 5.75 Å². The van der Waals surface area contributed by atoms with Gasteiger partial charge < -0.3 is 0 Å². The van der Waals surface area contributed by atoms with Crippen molar-refractivity contribution in [2.75, 3.05) is 17.3 Å². The van der Waals surface area contributed by atoms with Crippen molar-refractivity contribution in [2.45, 2.75) is 40.0 Å². The quantitative estimate of drug-likeness (QED) is 0.714. The third-order valence-electron chi connectivity index (χ3n) is 3.99. The molecule has 0 aromatic rings. The number of allylic oxidation sites excluding steroid dienone is 4. The van der Waals surface area contributed by atoms with Gasteiger partial charge in [0.2, 0.25) is 5.78 Å². The fourth-order valence-corrected chi connectivity index (χ4v) is 4.85. The molecule has 2 aliphatic rings. The van der Waals surface area contributed by atoms with Crippen molar-refractivity contribution in [2.24, 2.45) is 11.3 Å². The van der Waals surface area contributed by atoms with Gasteiger partial charge in [0.25, 0.3) is 0 Å². The Bertz CT molecular complexity index is 367. The Morgan fingerprint density at radius 1 is 1.33 bits per heavy atom. The highest BCUT2D eigenvalue weighted by Crippen LogP contribution is 2.33. The van der Waals surface area contributed by atoms with Crippen LogP contribution in [0.5, 0.6) is 0 Å². The summed E-state index contributed by atoms with van der Waals surface area (Å²) in [5, 5.41) is 0. The number of hydrogen-bond acceptors (Lipinski definition) is 1. The van der Waals surface area contributed by atoms with E-state index in [1.165, 1.54) is 24.3 Å². The highest BCUT2D eigenvalue weighted by atomic mass is 32.2. The summed E-state index contributed by atoms with van der Waals surface area (Å²) in [4.78, 5) is 12.2. The van der Waals surface area contributed by atoms with Gasteiger partial charge in [0, 0.05) is 5.57 Å². The molecule has 1 aliphatic carbocycles. The van der Waals surface area contributed by atoms with Crippen LogP contribution in [-0.2, 0) is 15.7 Å². The molecule has 1 saturated heterocycles. The largest absolute Gasteiger partial charge is 0.289 e. The minimum atomic E-state index is 0.300. The fraction of sp³-hybridized carbons (Fsp3) is 0.688. The normalized spacial score (nSPS) is 25.3.